The van der Waals surface area contributed by atoms with Gasteiger partial charge in [-0.15, -0.1) is 0 Å². The summed E-state index contributed by atoms with van der Waals surface area (Å²) in [5.74, 6) is 1.26. The van der Waals surface area contributed by atoms with Gasteiger partial charge in [0.1, 0.15) is 0 Å². The summed E-state index contributed by atoms with van der Waals surface area (Å²) in [5, 5.41) is 11.1. The van der Waals surface area contributed by atoms with Crippen LogP contribution in [0.5, 0.6) is 0 Å². The van der Waals surface area contributed by atoms with Gasteiger partial charge < -0.3 is 10.4 Å². The number of nitrogens with one attached hydrogen (secondary N) is 1. The van der Waals surface area contributed by atoms with Crippen molar-refractivity contribution in [3.63, 3.8) is 0 Å². The lowest BCUT2D eigenvalue weighted by atomic mass is 10.1. The highest BCUT2D eigenvalue weighted by molar-refractivity contribution is 7.80. The van der Waals surface area contributed by atoms with Gasteiger partial charge in [0.2, 0.25) is 5.91 Å². The SMILES string of the molecule is O=C(NCCO)C(CS)CCCS. The molecule has 0 heterocycles. The molecular weight excluding hydrogens is 206 g/mol. The van der Waals surface area contributed by atoms with Gasteiger partial charge in [0.25, 0.3) is 0 Å². The van der Waals surface area contributed by atoms with Crippen LogP contribution < -0.4 is 5.32 Å². The van der Waals surface area contributed by atoms with Crippen molar-refractivity contribution in [2.45, 2.75) is 12.8 Å². The molecule has 0 bridgehead atoms. The minimum Gasteiger partial charge on any atom is -0.395 e. The van der Waals surface area contributed by atoms with E-state index >= 15 is 0 Å². The van der Waals surface area contributed by atoms with Crippen LogP contribution in [-0.4, -0.2) is 35.7 Å². The van der Waals surface area contributed by atoms with E-state index in [-0.39, 0.29) is 18.4 Å². The van der Waals surface area contributed by atoms with E-state index < -0.39 is 0 Å². The summed E-state index contributed by atoms with van der Waals surface area (Å²) in [5.41, 5.74) is 0. The van der Waals surface area contributed by atoms with Gasteiger partial charge in [0.15, 0.2) is 0 Å². The van der Waals surface area contributed by atoms with Crippen LogP contribution in [0.25, 0.3) is 0 Å². The summed E-state index contributed by atoms with van der Waals surface area (Å²) < 4.78 is 0. The van der Waals surface area contributed by atoms with Gasteiger partial charge in [-0.2, -0.15) is 25.3 Å². The molecule has 5 heteroatoms. The van der Waals surface area contributed by atoms with Gasteiger partial charge in [-0.3, -0.25) is 4.79 Å². The molecule has 0 aliphatic rings. The smallest absolute Gasteiger partial charge is 0.224 e. The normalized spacial score (nSPS) is 12.5. The van der Waals surface area contributed by atoms with Crippen LogP contribution in [0.3, 0.4) is 0 Å². The van der Waals surface area contributed by atoms with Crippen LogP contribution in [0, 0.1) is 5.92 Å². The Balaban J connectivity index is 3.71. The predicted molar refractivity (Wildman–Crippen MR) is 60.5 cm³/mol. The summed E-state index contributed by atoms with van der Waals surface area (Å²) in [6.07, 6.45) is 1.73. The first kappa shape index (κ1) is 13.1. The summed E-state index contributed by atoms with van der Waals surface area (Å²) in [6, 6.07) is 0. The number of aliphatic hydroxyl groups is 1. The molecule has 0 spiro atoms. The van der Waals surface area contributed by atoms with E-state index in [1.54, 1.807) is 0 Å². The molecule has 1 atom stereocenters. The fourth-order valence-corrected chi connectivity index (χ4v) is 1.50. The molecule has 1 amide bonds. The van der Waals surface area contributed by atoms with E-state index in [0.29, 0.717) is 12.3 Å². The van der Waals surface area contributed by atoms with Crippen molar-refractivity contribution >= 4 is 31.2 Å². The Morgan fingerprint density at radius 3 is 2.62 bits per heavy atom. The molecule has 1 unspecified atom stereocenters. The molecule has 0 aromatic heterocycles. The lowest BCUT2D eigenvalue weighted by molar-refractivity contribution is -0.124. The maximum absolute atomic E-state index is 11.3. The molecular formula is C8H17NO2S2. The molecule has 0 aromatic carbocycles. The number of rotatable bonds is 7. The Bertz CT molecular complexity index is 144. The van der Waals surface area contributed by atoms with Gasteiger partial charge >= 0.3 is 0 Å². The second-order valence-electron chi connectivity index (χ2n) is 2.76. The lowest BCUT2D eigenvalue weighted by Crippen LogP contribution is -2.33. The highest BCUT2D eigenvalue weighted by Gasteiger charge is 2.14. The zero-order valence-corrected chi connectivity index (χ0v) is 9.36. The fraction of sp³-hybridized carbons (Fsp3) is 0.875. The van der Waals surface area contributed by atoms with E-state index in [2.05, 4.69) is 30.6 Å². The zero-order chi connectivity index (χ0) is 10.1. The molecule has 0 rings (SSSR count). The third-order valence-corrected chi connectivity index (χ3v) is 2.47. The molecule has 0 aliphatic heterocycles. The van der Waals surface area contributed by atoms with Crippen LogP contribution in [0.15, 0.2) is 0 Å². The number of thiol groups is 2. The van der Waals surface area contributed by atoms with E-state index in [4.69, 9.17) is 5.11 Å². The predicted octanol–water partition coefficient (Wildman–Crippen LogP) is 0.351. The summed E-state index contributed by atoms with van der Waals surface area (Å²) in [4.78, 5) is 11.3. The first-order chi connectivity index (χ1) is 6.26. The molecule has 3 nitrogen and oxygen atoms in total. The molecule has 0 radical (unpaired) electrons. The molecule has 78 valence electrons. The number of hydrogen-bond donors (Lipinski definition) is 4. The Morgan fingerprint density at radius 1 is 1.46 bits per heavy atom. The van der Waals surface area contributed by atoms with Gasteiger partial charge in [-0.1, -0.05) is 0 Å². The maximum atomic E-state index is 11.3. The molecule has 0 fully saturated rings. The van der Waals surface area contributed by atoms with E-state index in [0.717, 1.165) is 18.6 Å². The third-order valence-electron chi connectivity index (χ3n) is 1.71. The van der Waals surface area contributed by atoms with Crippen molar-refractivity contribution in [1.82, 2.24) is 5.32 Å². The van der Waals surface area contributed by atoms with Gasteiger partial charge in [0, 0.05) is 18.2 Å². The quantitative estimate of drug-likeness (QED) is 0.471. The van der Waals surface area contributed by atoms with E-state index in [1.165, 1.54) is 0 Å². The topological polar surface area (TPSA) is 49.3 Å². The minimum atomic E-state index is -0.0537. The Hall–Kier alpha value is 0.130. The summed E-state index contributed by atoms with van der Waals surface area (Å²) in [6.45, 7) is 0.307. The van der Waals surface area contributed by atoms with Crippen molar-refractivity contribution in [2.75, 3.05) is 24.7 Å². The van der Waals surface area contributed by atoms with E-state index in [9.17, 15) is 4.79 Å². The average molecular weight is 223 g/mol. The first-order valence-electron chi connectivity index (χ1n) is 4.36. The van der Waals surface area contributed by atoms with Crippen molar-refractivity contribution in [3.05, 3.63) is 0 Å². The van der Waals surface area contributed by atoms with Gasteiger partial charge in [-0.05, 0) is 18.6 Å². The van der Waals surface area contributed by atoms with Crippen molar-refractivity contribution in [2.24, 2.45) is 5.92 Å². The lowest BCUT2D eigenvalue weighted by Gasteiger charge is -2.13. The molecule has 0 saturated carbocycles. The van der Waals surface area contributed by atoms with Crippen LogP contribution in [0.2, 0.25) is 0 Å². The molecule has 13 heavy (non-hydrogen) atoms. The Morgan fingerprint density at radius 2 is 2.15 bits per heavy atom. The Kier molecular flexibility index (Phi) is 8.80. The number of aliphatic hydroxyl groups excluding tert-OH is 1. The summed E-state index contributed by atoms with van der Waals surface area (Å²) in [7, 11) is 0. The number of carbonyl (C=O) groups is 1. The van der Waals surface area contributed by atoms with Crippen LogP contribution in [0.1, 0.15) is 12.8 Å². The molecule has 0 saturated heterocycles. The monoisotopic (exact) mass is 223 g/mol. The van der Waals surface area contributed by atoms with Crippen molar-refractivity contribution in [1.29, 1.82) is 0 Å². The van der Waals surface area contributed by atoms with Crippen LogP contribution in [-0.2, 0) is 4.79 Å². The Labute approximate surface area is 90.1 Å². The van der Waals surface area contributed by atoms with Crippen molar-refractivity contribution in [3.8, 4) is 0 Å². The zero-order valence-electron chi connectivity index (χ0n) is 7.57. The first-order valence-corrected chi connectivity index (χ1v) is 5.63. The van der Waals surface area contributed by atoms with Crippen molar-refractivity contribution < 1.29 is 9.90 Å². The second-order valence-corrected chi connectivity index (χ2v) is 3.57. The molecule has 0 aliphatic carbocycles. The number of hydrogen-bond acceptors (Lipinski definition) is 4. The largest absolute Gasteiger partial charge is 0.395 e. The van der Waals surface area contributed by atoms with E-state index in [1.807, 2.05) is 0 Å². The van der Waals surface area contributed by atoms with Crippen LogP contribution >= 0.6 is 25.3 Å². The number of carbonyl (C=O) groups excluding carboxylic acids is 1. The average Bonchev–Trinajstić information content (AvgIpc) is 2.16. The van der Waals surface area contributed by atoms with Gasteiger partial charge in [0.05, 0.1) is 6.61 Å². The summed E-state index contributed by atoms with van der Waals surface area (Å²) >= 11 is 8.18. The van der Waals surface area contributed by atoms with Gasteiger partial charge in [-0.25, -0.2) is 0 Å². The molecule has 2 N–H and O–H groups in total. The molecule has 0 aromatic rings. The highest BCUT2D eigenvalue weighted by Crippen LogP contribution is 2.09. The second kappa shape index (κ2) is 8.72. The maximum Gasteiger partial charge on any atom is 0.224 e. The highest BCUT2D eigenvalue weighted by atomic mass is 32.1. The minimum absolute atomic E-state index is 0.0163. The number of amides is 1. The van der Waals surface area contributed by atoms with Crippen LogP contribution in [0.4, 0.5) is 0 Å². The third kappa shape index (κ3) is 6.23. The fourth-order valence-electron chi connectivity index (χ4n) is 0.966. The standard InChI is InChI=1S/C8H17NO2S2/c10-4-3-9-8(11)7(6-13)2-1-5-12/h7,10,12-13H,1-6H2,(H,9,11).